The lowest BCUT2D eigenvalue weighted by molar-refractivity contribution is -0.122. The van der Waals surface area contributed by atoms with E-state index in [-0.39, 0.29) is 11.9 Å². The van der Waals surface area contributed by atoms with Crippen LogP contribution in [0.3, 0.4) is 0 Å². The molecular weight excluding hydrogens is 228 g/mol. The zero-order valence-electron chi connectivity index (χ0n) is 11.4. The maximum absolute atomic E-state index is 11.4. The molecule has 5 nitrogen and oxygen atoms in total. The molecular formula is C13H26N4O. The molecule has 1 heterocycles. The van der Waals surface area contributed by atoms with Crippen LogP contribution in [0.5, 0.6) is 0 Å². The predicted molar refractivity (Wildman–Crippen MR) is 72.3 cm³/mol. The molecule has 1 atom stereocenters. The molecule has 104 valence electrons. The molecule has 2 aliphatic rings. The standard InChI is InChI=1S/C13H26N4O/c1-15-13(18)8-12(9-14)17-6-4-16(5-7-17)10-11-2-3-11/h11-12H,2-10,14H2,1H3,(H,15,18). The normalized spacial score (nSPS) is 23.9. The Labute approximate surface area is 110 Å². The van der Waals surface area contributed by atoms with E-state index in [4.69, 9.17) is 5.73 Å². The van der Waals surface area contributed by atoms with Crippen LogP contribution in [0.25, 0.3) is 0 Å². The van der Waals surface area contributed by atoms with Gasteiger partial charge in [0.25, 0.3) is 0 Å². The first-order chi connectivity index (χ1) is 8.72. The summed E-state index contributed by atoms with van der Waals surface area (Å²) in [5, 5.41) is 2.68. The van der Waals surface area contributed by atoms with Gasteiger partial charge in [-0.25, -0.2) is 0 Å². The second-order valence-corrected chi connectivity index (χ2v) is 5.55. The van der Waals surface area contributed by atoms with E-state index in [0.29, 0.717) is 13.0 Å². The molecule has 5 heteroatoms. The van der Waals surface area contributed by atoms with Crippen molar-refractivity contribution in [3.05, 3.63) is 0 Å². The monoisotopic (exact) mass is 254 g/mol. The van der Waals surface area contributed by atoms with Gasteiger partial charge in [0, 0.05) is 58.8 Å². The molecule has 0 aromatic rings. The van der Waals surface area contributed by atoms with Gasteiger partial charge in [-0.3, -0.25) is 9.69 Å². The van der Waals surface area contributed by atoms with Crippen molar-refractivity contribution < 1.29 is 4.79 Å². The molecule has 0 spiro atoms. The van der Waals surface area contributed by atoms with Crippen molar-refractivity contribution in [3.8, 4) is 0 Å². The van der Waals surface area contributed by atoms with Crippen LogP contribution >= 0.6 is 0 Å². The smallest absolute Gasteiger partial charge is 0.221 e. The first kappa shape index (κ1) is 13.8. The van der Waals surface area contributed by atoms with Gasteiger partial charge in [-0.2, -0.15) is 0 Å². The zero-order valence-corrected chi connectivity index (χ0v) is 11.4. The number of hydrogen-bond donors (Lipinski definition) is 2. The lowest BCUT2D eigenvalue weighted by Gasteiger charge is -2.38. The second kappa shape index (κ2) is 6.50. The summed E-state index contributed by atoms with van der Waals surface area (Å²) in [6.45, 7) is 6.19. The largest absolute Gasteiger partial charge is 0.359 e. The average molecular weight is 254 g/mol. The molecule has 0 bridgehead atoms. The van der Waals surface area contributed by atoms with Crippen LogP contribution < -0.4 is 11.1 Å². The number of nitrogens with one attached hydrogen (secondary N) is 1. The van der Waals surface area contributed by atoms with Crippen LogP contribution in [0.2, 0.25) is 0 Å². The summed E-state index contributed by atoms with van der Waals surface area (Å²) < 4.78 is 0. The number of nitrogens with zero attached hydrogens (tertiary/aromatic N) is 2. The molecule has 1 aliphatic heterocycles. The van der Waals surface area contributed by atoms with Gasteiger partial charge in [0.15, 0.2) is 0 Å². The van der Waals surface area contributed by atoms with Crippen molar-refractivity contribution in [1.29, 1.82) is 0 Å². The lowest BCUT2D eigenvalue weighted by atomic mass is 10.1. The Balaban J connectivity index is 1.73. The number of rotatable bonds is 6. The Kier molecular flexibility index (Phi) is 4.97. The maximum Gasteiger partial charge on any atom is 0.221 e. The Bertz CT molecular complexity index is 272. The Morgan fingerprint density at radius 2 is 2.00 bits per heavy atom. The van der Waals surface area contributed by atoms with Crippen LogP contribution in [0.4, 0.5) is 0 Å². The Morgan fingerprint density at radius 1 is 1.33 bits per heavy atom. The van der Waals surface area contributed by atoms with E-state index >= 15 is 0 Å². The maximum atomic E-state index is 11.4. The summed E-state index contributed by atoms with van der Waals surface area (Å²) in [6.07, 6.45) is 3.36. The lowest BCUT2D eigenvalue weighted by Crippen LogP contribution is -2.53. The van der Waals surface area contributed by atoms with E-state index in [9.17, 15) is 4.79 Å². The summed E-state index contributed by atoms with van der Waals surface area (Å²) in [4.78, 5) is 16.4. The van der Waals surface area contributed by atoms with E-state index in [1.807, 2.05) is 0 Å². The fourth-order valence-electron chi connectivity index (χ4n) is 2.65. The highest BCUT2D eigenvalue weighted by atomic mass is 16.1. The molecule has 2 fully saturated rings. The number of carbonyl (C=O) groups is 1. The molecule has 3 N–H and O–H groups in total. The topological polar surface area (TPSA) is 61.6 Å². The van der Waals surface area contributed by atoms with Crippen molar-refractivity contribution in [1.82, 2.24) is 15.1 Å². The molecule has 1 unspecified atom stereocenters. The van der Waals surface area contributed by atoms with Crippen molar-refractivity contribution in [2.24, 2.45) is 11.7 Å². The molecule has 18 heavy (non-hydrogen) atoms. The zero-order chi connectivity index (χ0) is 13.0. The van der Waals surface area contributed by atoms with Gasteiger partial charge in [0.05, 0.1) is 0 Å². The molecule has 1 aliphatic carbocycles. The third kappa shape index (κ3) is 3.93. The SMILES string of the molecule is CNC(=O)CC(CN)N1CCN(CC2CC2)CC1. The highest BCUT2D eigenvalue weighted by Crippen LogP contribution is 2.30. The number of hydrogen-bond acceptors (Lipinski definition) is 4. The third-order valence-corrected chi connectivity index (χ3v) is 4.11. The van der Waals surface area contributed by atoms with Gasteiger partial charge in [0.2, 0.25) is 5.91 Å². The number of amides is 1. The Morgan fingerprint density at radius 3 is 2.50 bits per heavy atom. The molecule has 2 rings (SSSR count). The summed E-state index contributed by atoms with van der Waals surface area (Å²) in [5.41, 5.74) is 5.80. The summed E-state index contributed by atoms with van der Waals surface area (Å²) in [7, 11) is 1.68. The van der Waals surface area contributed by atoms with E-state index in [0.717, 1.165) is 32.1 Å². The highest BCUT2D eigenvalue weighted by Gasteiger charge is 2.28. The molecule has 1 saturated heterocycles. The quantitative estimate of drug-likeness (QED) is 0.669. The van der Waals surface area contributed by atoms with Gasteiger partial charge in [-0.05, 0) is 18.8 Å². The first-order valence-corrected chi connectivity index (χ1v) is 7.10. The first-order valence-electron chi connectivity index (χ1n) is 7.10. The molecule has 0 radical (unpaired) electrons. The summed E-state index contributed by atoms with van der Waals surface area (Å²) >= 11 is 0. The van der Waals surface area contributed by atoms with E-state index in [1.54, 1.807) is 7.05 Å². The fraction of sp³-hybridized carbons (Fsp3) is 0.923. The molecule has 0 aromatic carbocycles. The molecule has 1 amide bonds. The summed E-state index contributed by atoms with van der Waals surface area (Å²) in [6, 6.07) is 0.202. The van der Waals surface area contributed by atoms with Crippen LogP contribution in [0.15, 0.2) is 0 Å². The third-order valence-electron chi connectivity index (χ3n) is 4.11. The van der Waals surface area contributed by atoms with Crippen molar-refractivity contribution in [2.45, 2.75) is 25.3 Å². The van der Waals surface area contributed by atoms with E-state index < -0.39 is 0 Å². The second-order valence-electron chi connectivity index (χ2n) is 5.55. The van der Waals surface area contributed by atoms with Crippen molar-refractivity contribution in [2.75, 3.05) is 46.3 Å². The van der Waals surface area contributed by atoms with Crippen molar-refractivity contribution in [3.63, 3.8) is 0 Å². The number of carbonyl (C=O) groups excluding carboxylic acids is 1. The van der Waals surface area contributed by atoms with E-state index in [2.05, 4.69) is 15.1 Å². The van der Waals surface area contributed by atoms with Crippen LogP contribution in [-0.4, -0.2) is 68.1 Å². The highest BCUT2D eigenvalue weighted by molar-refractivity contribution is 5.76. The number of piperazine rings is 1. The average Bonchev–Trinajstić information content (AvgIpc) is 3.20. The minimum atomic E-state index is 0.0888. The van der Waals surface area contributed by atoms with Crippen LogP contribution in [-0.2, 0) is 4.79 Å². The van der Waals surface area contributed by atoms with Gasteiger partial charge >= 0.3 is 0 Å². The van der Waals surface area contributed by atoms with Gasteiger partial charge in [0.1, 0.15) is 0 Å². The molecule has 1 saturated carbocycles. The molecule has 0 aromatic heterocycles. The fourth-order valence-corrected chi connectivity index (χ4v) is 2.65. The Hall–Kier alpha value is -0.650. The minimum Gasteiger partial charge on any atom is -0.359 e. The predicted octanol–water partition coefficient (Wildman–Crippen LogP) is -0.523. The van der Waals surface area contributed by atoms with Gasteiger partial charge in [-0.15, -0.1) is 0 Å². The van der Waals surface area contributed by atoms with Gasteiger partial charge < -0.3 is 16.0 Å². The van der Waals surface area contributed by atoms with Crippen LogP contribution in [0.1, 0.15) is 19.3 Å². The van der Waals surface area contributed by atoms with Crippen molar-refractivity contribution >= 4 is 5.91 Å². The van der Waals surface area contributed by atoms with E-state index in [1.165, 1.54) is 19.4 Å². The number of nitrogens with two attached hydrogens (primary N) is 1. The summed E-state index contributed by atoms with van der Waals surface area (Å²) in [5.74, 6) is 1.05. The van der Waals surface area contributed by atoms with Crippen LogP contribution in [0, 0.1) is 5.92 Å². The van der Waals surface area contributed by atoms with Gasteiger partial charge in [-0.1, -0.05) is 0 Å². The minimum absolute atomic E-state index is 0.0888.